The van der Waals surface area contributed by atoms with Crippen LogP contribution in [0.3, 0.4) is 0 Å². The van der Waals surface area contributed by atoms with Gasteiger partial charge in [0.25, 0.3) is 10.0 Å². The molecule has 1 fully saturated rings. The molecule has 1 saturated carbocycles. The molecule has 146 valence electrons. The van der Waals surface area contributed by atoms with Gasteiger partial charge in [-0.1, -0.05) is 30.3 Å². The van der Waals surface area contributed by atoms with Crippen LogP contribution in [0.2, 0.25) is 0 Å². The van der Waals surface area contributed by atoms with E-state index in [4.69, 9.17) is 5.73 Å². The van der Waals surface area contributed by atoms with Crippen LogP contribution < -0.4 is 10.5 Å². The van der Waals surface area contributed by atoms with Crippen LogP contribution >= 0.6 is 0 Å². The Bertz CT molecular complexity index is 1290. The number of benzene rings is 2. The lowest BCUT2D eigenvalue weighted by Crippen LogP contribution is -2.12. The van der Waals surface area contributed by atoms with E-state index in [-0.39, 0.29) is 4.90 Å². The molecule has 2 aromatic heterocycles. The summed E-state index contributed by atoms with van der Waals surface area (Å²) in [5, 5.41) is 7.81. The first kappa shape index (κ1) is 17.7. The number of nitrogens with two attached hydrogens (primary N) is 1. The molecule has 0 atom stereocenters. The molecule has 4 N–H and O–H groups in total. The Morgan fingerprint density at radius 3 is 2.45 bits per heavy atom. The summed E-state index contributed by atoms with van der Waals surface area (Å²) >= 11 is 0. The van der Waals surface area contributed by atoms with Crippen LogP contribution in [0, 0.1) is 0 Å². The van der Waals surface area contributed by atoms with E-state index in [2.05, 4.69) is 26.0 Å². The normalized spacial score (nSPS) is 14.2. The molecule has 8 heteroatoms. The fourth-order valence-electron chi connectivity index (χ4n) is 3.41. The van der Waals surface area contributed by atoms with E-state index in [1.807, 2.05) is 12.1 Å². The van der Waals surface area contributed by atoms with Crippen molar-refractivity contribution in [3.05, 3.63) is 66.4 Å². The van der Waals surface area contributed by atoms with E-state index in [0.29, 0.717) is 23.1 Å². The van der Waals surface area contributed by atoms with Crippen molar-refractivity contribution in [1.82, 2.24) is 15.2 Å². The fourth-order valence-corrected chi connectivity index (χ4v) is 4.49. The number of sulfonamides is 1. The maximum absolute atomic E-state index is 12.5. The molecule has 7 nitrogen and oxygen atoms in total. The third-order valence-electron chi connectivity index (χ3n) is 5.07. The minimum Gasteiger partial charge on any atom is -0.383 e. The van der Waals surface area contributed by atoms with Crippen molar-refractivity contribution < 1.29 is 8.42 Å². The summed E-state index contributed by atoms with van der Waals surface area (Å²) < 4.78 is 27.7. The molecule has 4 aromatic rings. The zero-order valence-corrected chi connectivity index (χ0v) is 16.3. The van der Waals surface area contributed by atoms with Crippen molar-refractivity contribution in [2.24, 2.45) is 0 Å². The van der Waals surface area contributed by atoms with E-state index in [1.165, 1.54) is 0 Å². The van der Waals surface area contributed by atoms with Gasteiger partial charge in [0.1, 0.15) is 5.82 Å². The predicted octanol–water partition coefficient (Wildman–Crippen LogP) is 3.89. The monoisotopic (exact) mass is 405 g/mol. The van der Waals surface area contributed by atoms with Crippen molar-refractivity contribution in [2.75, 3.05) is 10.5 Å². The van der Waals surface area contributed by atoms with Gasteiger partial charge >= 0.3 is 0 Å². The highest BCUT2D eigenvalue weighted by atomic mass is 32.2. The summed E-state index contributed by atoms with van der Waals surface area (Å²) in [7, 11) is -3.63. The lowest BCUT2D eigenvalue weighted by atomic mass is 10.0. The lowest BCUT2D eigenvalue weighted by Gasteiger charge is -2.10. The molecule has 0 bridgehead atoms. The van der Waals surface area contributed by atoms with E-state index >= 15 is 0 Å². The van der Waals surface area contributed by atoms with Gasteiger partial charge in [-0.05, 0) is 54.3 Å². The summed E-state index contributed by atoms with van der Waals surface area (Å²) in [6, 6.07) is 17.6. The average Bonchev–Trinajstić information content (AvgIpc) is 3.52. The topological polar surface area (TPSA) is 114 Å². The maximum Gasteiger partial charge on any atom is 0.261 e. The standard InChI is InChI=1S/C21H19N5O2S/c22-20-19-17(12-18(14-6-7-14)23-21(19)25-24-20)13-8-10-15(11-9-13)26-29(27,28)16-4-2-1-3-5-16/h1-5,8-12,14,26H,6-7H2,(H3,22,23,24,25). The molecule has 5 rings (SSSR count). The number of H-pyrrole nitrogens is 1. The third kappa shape index (κ3) is 3.31. The summed E-state index contributed by atoms with van der Waals surface area (Å²) in [5.41, 5.74) is 10.1. The second kappa shape index (κ2) is 6.59. The van der Waals surface area contributed by atoms with Crippen LogP contribution in [0.4, 0.5) is 11.5 Å². The predicted molar refractivity (Wildman–Crippen MR) is 113 cm³/mol. The fraction of sp³-hybridized carbons (Fsp3) is 0.143. The molecule has 0 unspecified atom stereocenters. The second-order valence-corrected chi connectivity index (χ2v) is 8.88. The van der Waals surface area contributed by atoms with Gasteiger partial charge in [-0.15, -0.1) is 0 Å². The largest absolute Gasteiger partial charge is 0.383 e. The molecule has 2 aromatic carbocycles. The van der Waals surface area contributed by atoms with Crippen molar-refractivity contribution in [3.8, 4) is 11.1 Å². The number of pyridine rings is 1. The first-order valence-corrected chi connectivity index (χ1v) is 10.8. The number of nitrogens with zero attached hydrogens (tertiary/aromatic N) is 2. The van der Waals surface area contributed by atoms with Crippen molar-refractivity contribution in [3.63, 3.8) is 0 Å². The van der Waals surface area contributed by atoms with Crippen LogP contribution in [0.1, 0.15) is 24.5 Å². The molecule has 1 aliphatic rings. The average molecular weight is 405 g/mol. The first-order valence-electron chi connectivity index (χ1n) is 9.34. The third-order valence-corrected chi connectivity index (χ3v) is 6.47. The SMILES string of the molecule is Nc1[nH]nc2nc(C3CC3)cc(-c3ccc(NS(=O)(=O)c4ccccc4)cc3)c12. The minimum atomic E-state index is -3.63. The van der Waals surface area contributed by atoms with Gasteiger partial charge in [-0.3, -0.25) is 9.82 Å². The van der Waals surface area contributed by atoms with Gasteiger partial charge in [0, 0.05) is 17.3 Å². The quantitative estimate of drug-likeness (QED) is 0.466. The Morgan fingerprint density at radius 2 is 1.76 bits per heavy atom. The molecular formula is C21H19N5O2S. The zero-order chi connectivity index (χ0) is 20.0. The molecule has 0 radical (unpaired) electrons. The van der Waals surface area contributed by atoms with Gasteiger partial charge in [0.05, 0.1) is 10.3 Å². The maximum atomic E-state index is 12.5. The number of hydrogen-bond acceptors (Lipinski definition) is 5. The Morgan fingerprint density at radius 1 is 1.03 bits per heavy atom. The number of rotatable bonds is 5. The summed E-state index contributed by atoms with van der Waals surface area (Å²) in [4.78, 5) is 4.85. The molecule has 0 aliphatic heterocycles. The molecule has 0 amide bonds. The first-order chi connectivity index (χ1) is 14.0. The van der Waals surface area contributed by atoms with Gasteiger partial charge < -0.3 is 5.73 Å². The number of anilines is 2. The van der Waals surface area contributed by atoms with Crippen LogP contribution in [0.15, 0.2) is 65.6 Å². The lowest BCUT2D eigenvalue weighted by molar-refractivity contribution is 0.601. The summed E-state index contributed by atoms with van der Waals surface area (Å²) in [5.74, 6) is 0.951. The molecule has 29 heavy (non-hydrogen) atoms. The van der Waals surface area contributed by atoms with Crippen molar-refractivity contribution in [2.45, 2.75) is 23.7 Å². The molecule has 0 spiro atoms. The highest BCUT2D eigenvalue weighted by Crippen LogP contribution is 2.42. The van der Waals surface area contributed by atoms with Gasteiger partial charge in [0.2, 0.25) is 0 Å². The van der Waals surface area contributed by atoms with Crippen LogP contribution in [-0.4, -0.2) is 23.6 Å². The van der Waals surface area contributed by atoms with Gasteiger partial charge in [0.15, 0.2) is 5.65 Å². The van der Waals surface area contributed by atoms with Crippen molar-refractivity contribution in [1.29, 1.82) is 0 Å². The van der Waals surface area contributed by atoms with Crippen LogP contribution in [0.25, 0.3) is 22.2 Å². The van der Waals surface area contributed by atoms with E-state index in [0.717, 1.165) is 35.0 Å². The van der Waals surface area contributed by atoms with E-state index in [1.54, 1.807) is 42.5 Å². The van der Waals surface area contributed by atoms with Crippen LogP contribution in [-0.2, 0) is 10.0 Å². The number of hydrogen-bond donors (Lipinski definition) is 3. The second-order valence-electron chi connectivity index (χ2n) is 7.20. The Balaban J connectivity index is 1.50. The van der Waals surface area contributed by atoms with Gasteiger partial charge in [-0.2, -0.15) is 5.10 Å². The van der Waals surface area contributed by atoms with Crippen LogP contribution in [0.5, 0.6) is 0 Å². The van der Waals surface area contributed by atoms with E-state index in [9.17, 15) is 8.42 Å². The molecule has 0 saturated heterocycles. The number of nitrogen functional groups attached to an aromatic ring is 1. The minimum absolute atomic E-state index is 0.222. The van der Waals surface area contributed by atoms with Gasteiger partial charge in [-0.25, -0.2) is 13.4 Å². The Kier molecular flexibility index (Phi) is 4.02. The highest BCUT2D eigenvalue weighted by molar-refractivity contribution is 7.92. The van der Waals surface area contributed by atoms with E-state index < -0.39 is 10.0 Å². The molecule has 1 aliphatic carbocycles. The zero-order valence-electron chi connectivity index (χ0n) is 15.5. The Labute approximate surface area is 168 Å². The molecule has 2 heterocycles. The number of aromatic amines is 1. The number of fused-ring (bicyclic) bond motifs is 1. The summed E-state index contributed by atoms with van der Waals surface area (Å²) in [6.07, 6.45) is 2.27. The Hall–Kier alpha value is -3.39. The highest BCUT2D eigenvalue weighted by Gasteiger charge is 2.27. The molecular weight excluding hydrogens is 386 g/mol. The summed E-state index contributed by atoms with van der Waals surface area (Å²) in [6.45, 7) is 0. The number of aromatic nitrogens is 3. The van der Waals surface area contributed by atoms with Crippen molar-refractivity contribution >= 4 is 32.6 Å². The smallest absolute Gasteiger partial charge is 0.261 e. The number of nitrogens with one attached hydrogen (secondary N) is 2.